The van der Waals surface area contributed by atoms with Crippen molar-refractivity contribution in [2.75, 3.05) is 37.7 Å². The van der Waals surface area contributed by atoms with Crippen molar-refractivity contribution in [1.29, 1.82) is 0 Å². The van der Waals surface area contributed by atoms with E-state index < -0.39 is 0 Å². The SMILES string of the molecule is C[C@@H]1CN(c2cc(C(=O)NCc3ccccc3CN3C[C@@H](C)O[C@@H](C)C3)ccn2)CCO1. The third-order valence-electron chi connectivity index (χ3n) is 6.02. The van der Waals surface area contributed by atoms with Crippen LogP contribution in [-0.4, -0.2) is 66.9 Å². The van der Waals surface area contributed by atoms with Crippen LogP contribution in [0.3, 0.4) is 0 Å². The van der Waals surface area contributed by atoms with Crippen LogP contribution in [0.1, 0.15) is 42.3 Å². The van der Waals surface area contributed by atoms with E-state index in [0.29, 0.717) is 18.7 Å². The highest BCUT2D eigenvalue weighted by Gasteiger charge is 2.23. The number of nitrogens with one attached hydrogen (secondary N) is 1. The fraction of sp³-hybridized carbons (Fsp3) is 0.520. The lowest BCUT2D eigenvalue weighted by molar-refractivity contribution is -0.0705. The smallest absolute Gasteiger partial charge is 0.251 e. The number of aromatic nitrogens is 1. The predicted octanol–water partition coefficient (Wildman–Crippen LogP) is 2.85. The van der Waals surface area contributed by atoms with Gasteiger partial charge in [0.1, 0.15) is 5.82 Å². The molecule has 0 saturated carbocycles. The van der Waals surface area contributed by atoms with E-state index in [1.54, 1.807) is 12.3 Å². The van der Waals surface area contributed by atoms with Gasteiger partial charge in [-0.1, -0.05) is 24.3 Å². The number of anilines is 1. The average molecular weight is 439 g/mol. The van der Waals surface area contributed by atoms with E-state index in [1.807, 2.05) is 12.1 Å². The van der Waals surface area contributed by atoms with Crippen molar-refractivity contribution in [1.82, 2.24) is 15.2 Å². The molecule has 2 aliphatic rings. The lowest BCUT2D eigenvalue weighted by atomic mass is 10.1. The standard InChI is InChI=1S/C25H34N4O3/c1-18-16-29(10-11-31-18)24-12-21(8-9-26-24)25(30)27-13-22-6-4-5-7-23(22)17-28-14-19(2)32-20(3)15-28/h4-9,12,18-20H,10-11,13-17H2,1-3H3,(H,27,30)/t18-,19-,20+/m1/s1. The van der Waals surface area contributed by atoms with Crippen LogP contribution in [0.15, 0.2) is 42.6 Å². The van der Waals surface area contributed by atoms with Gasteiger partial charge >= 0.3 is 0 Å². The molecule has 3 heterocycles. The Morgan fingerprint density at radius 2 is 1.81 bits per heavy atom. The van der Waals surface area contributed by atoms with Gasteiger partial charge in [0.15, 0.2) is 0 Å². The number of rotatable bonds is 6. The number of hydrogen-bond acceptors (Lipinski definition) is 6. The molecule has 7 nitrogen and oxygen atoms in total. The van der Waals surface area contributed by atoms with Crippen LogP contribution in [0.4, 0.5) is 5.82 Å². The molecule has 1 N–H and O–H groups in total. The Morgan fingerprint density at radius 1 is 1.06 bits per heavy atom. The van der Waals surface area contributed by atoms with Crippen LogP contribution >= 0.6 is 0 Å². The van der Waals surface area contributed by atoms with Gasteiger partial charge in [0.2, 0.25) is 0 Å². The first-order valence-electron chi connectivity index (χ1n) is 11.5. The van der Waals surface area contributed by atoms with Crippen molar-refractivity contribution < 1.29 is 14.3 Å². The highest BCUT2D eigenvalue weighted by Crippen LogP contribution is 2.19. The molecule has 1 aromatic carbocycles. The van der Waals surface area contributed by atoms with Gasteiger partial charge in [-0.3, -0.25) is 9.69 Å². The van der Waals surface area contributed by atoms with Crippen LogP contribution in [0.2, 0.25) is 0 Å². The zero-order chi connectivity index (χ0) is 22.5. The second-order valence-corrected chi connectivity index (χ2v) is 8.93. The summed E-state index contributed by atoms with van der Waals surface area (Å²) in [6.07, 6.45) is 2.35. The molecule has 2 aliphatic heterocycles. The van der Waals surface area contributed by atoms with Crippen molar-refractivity contribution in [2.45, 2.75) is 52.2 Å². The molecule has 4 rings (SSSR count). The fourth-order valence-electron chi connectivity index (χ4n) is 4.58. The summed E-state index contributed by atoms with van der Waals surface area (Å²) in [7, 11) is 0. The summed E-state index contributed by atoms with van der Waals surface area (Å²) in [6, 6.07) is 12.0. The third-order valence-corrected chi connectivity index (χ3v) is 6.02. The largest absolute Gasteiger partial charge is 0.375 e. The number of nitrogens with zero attached hydrogens (tertiary/aromatic N) is 3. The van der Waals surface area contributed by atoms with Gasteiger partial charge in [0.25, 0.3) is 5.91 Å². The Morgan fingerprint density at radius 3 is 2.56 bits per heavy atom. The summed E-state index contributed by atoms with van der Waals surface area (Å²) >= 11 is 0. The normalized spacial score (nSPS) is 24.3. The van der Waals surface area contributed by atoms with E-state index in [-0.39, 0.29) is 24.2 Å². The van der Waals surface area contributed by atoms with Crippen LogP contribution in [0.25, 0.3) is 0 Å². The number of hydrogen-bond donors (Lipinski definition) is 1. The fourth-order valence-corrected chi connectivity index (χ4v) is 4.58. The third kappa shape index (κ3) is 5.85. The Hall–Kier alpha value is -2.48. The number of ether oxygens (including phenoxy) is 2. The molecule has 0 unspecified atom stereocenters. The first-order valence-corrected chi connectivity index (χ1v) is 11.5. The first kappa shape index (κ1) is 22.7. The maximum Gasteiger partial charge on any atom is 0.251 e. The highest BCUT2D eigenvalue weighted by atomic mass is 16.5. The molecule has 172 valence electrons. The van der Waals surface area contributed by atoms with E-state index in [0.717, 1.165) is 44.1 Å². The summed E-state index contributed by atoms with van der Waals surface area (Å²) in [5, 5.41) is 3.10. The zero-order valence-corrected chi connectivity index (χ0v) is 19.3. The van der Waals surface area contributed by atoms with Crippen LogP contribution in [-0.2, 0) is 22.6 Å². The molecule has 0 aliphatic carbocycles. The number of benzene rings is 1. The molecular formula is C25H34N4O3. The summed E-state index contributed by atoms with van der Waals surface area (Å²) < 4.78 is 11.5. The van der Waals surface area contributed by atoms with Crippen molar-refractivity contribution in [2.24, 2.45) is 0 Å². The monoisotopic (exact) mass is 438 g/mol. The van der Waals surface area contributed by atoms with Crippen molar-refractivity contribution in [3.05, 3.63) is 59.3 Å². The van der Waals surface area contributed by atoms with Gasteiger partial charge in [-0.2, -0.15) is 0 Å². The van der Waals surface area contributed by atoms with Crippen molar-refractivity contribution >= 4 is 11.7 Å². The van der Waals surface area contributed by atoms with E-state index >= 15 is 0 Å². The zero-order valence-electron chi connectivity index (χ0n) is 19.3. The molecule has 32 heavy (non-hydrogen) atoms. The topological polar surface area (TPSA) is 66.9 Å². The maximum absolute atomic E-state index is 12.9. The number of amides is 1. The molecular weight excluding hydrogens is 404 g/mol. The quantitative estimate of drug-likeness (QED) is 0.748. The summed E-state index contributed by atoms with van der Waals surface area (Å²) in [4.78, 5) is 22.0. The molecule has 2 fully saturated rings. The summed E-state index contributed by atoms with van der Waals surface area (Å²) in [6.45, 7) is 11.7. The van der Waals surface area contributed by atoms with Gasteiger partial charge in [-0.25, -0.2) is 4.98 Å². The first-order chi connectivity index (χ1) is 15.5. The minimum atomic E-state index is -0.0848. The van der Waals surface area contributed by atoms with Crippen LogP contribution in [0, 0.1) is 0 Å². The van der Waals surface area contributed by atoms with Gasteiger partial charge in [-0.15, -0.1) is 0 Å². The minimum Gasteiger partial charge on any atom is -0.375 e. The Bertz CT molecular complexity index is 912. The average Bonchev–Trinajstić information content (AvgIpc) is 2.78. The minimum absolute atomic E-state index is 0.0848. The maximum atomic E-state index is 12.9. The van der Waals surface area contributed by atoms with Gasteiger partial charge < -0.3 is 19.7 Å². The van der Waals surface area contributed by atoms with Crippen molar-refractivity contribution in [3.63, 3.8) is 0 Å². The van der Waals surface area contributed by atoms with E-state index in [9.17, 15) is 4.79 Å². The molecule has 3 atom stereocenters. The van der Waals surface area contributed by atoms with Gasteiger partial charge in [0, 0.05) is 51.0 Å². The second kappa shape index (κ2) is 10.4. The molecule has 0 bridgehead atoms. The van der Waals surface area contributed by atoms with E-state index in [4.69, 9.17) is 9.47 Å². The van der Waals surface area contributed by atoms with Crippen LogP contribution in [0.5, 0.6) is 0 Å². The number of morpholine rings is 2. The molecule has 2 saturated heterocycles. The second-order valence-electron chi connectivity index (χ2n) is 8.93. The number of pyridine rings is 1. The molecule has 0 spiro atoms. The predicted molar refractivity (Wildman–Crippen MR) is 125 cm³/mol. The Labute approximate surface area is 190 Å². The number of carbonyl (C=O) groups excluding carboxylic acids is 1. The molecule has 7 heteroatoms. The summed E-state index contributed by atoms with van der Waals surface area (Å²) in [5.41, 5.74) is 3.01. The van der Waals surface area contributed by atoms with Gasteiger partial charge in [-0.05, 0) is 44.0 Å². The lowest BCUT2D eigenvalue weighted by Gasteiger charge is -2.35. The van der Waals surface area contributed by atoms with Crippen LogP contribution < -0.4 is 10.2 Å². The Balaban J connectivity index is 1.39. The molecule has 1 amide bonds. The van der Waals surface area contributed by atoms with E-state index in [2.05, 4.69) is 59.1 Å². The molecule has 1 aromatic heterocycles. The molecule has 0 radical (unpaired) electrons. The Kier molecular flexibility index (Phi) is 7.40. The van der Waals surface area contributed by atoms with Gasteiger partial charge in [0.05, 0.1) is 24.9 Å². The lowest BCUT2D eigenvalue weighted by Crippen LogP contribution is -2.45. The highest BCUT2D eigenvalue weighted by molar-refractivity contribution is 5.94. The molecule has 2 aromatic rings. The van der Waals surface area contributed by atoms with Crippen molar-refractivity contribution in [3.8, 4) is 0 Å². The summed E-state index contributed by atoms with van der Waals surface area (Å²) in [5.74, 6) is 0.738. The van der Waals surface area contributed by atoms with E-state index in [1.165, 1.54) is 5.56 Å². The number of carbonyl (C=O) groups is 1.